The van der Waals surface area contributed by atoms with E-state index in [-0.39, 0.29) is 5.54 Å². The van der Waals surface area contributed by atoms with Crippen LogP contribution in [0, 0.1) is 0 Å². The Balaban J connectivity index is 2.05. The van der Waals surface area contributed by atoms with Crippen LogP contribution in [0.3, 0.4) is 0 Å². The quantitative estimate of drug-likeness (QED) is 0.842. The van der Waals surface area contributed by atoms with E-state index in [0.29, 0.717) is 0 Å². The van der Waals surface area contributed by atoms with Crippen LogP contribution in [-0.2, 0) is 5.54 Å². The monoisotopic (exact) mass is 260 g/mol. The Bertz CT molecular complexity index is 574. The van der Waals surface area contributed by atoms with Crippen LogP contribution in [0.2, 0.25) is 5.02 Å². The van der Waals surface area contributed by atoms with Crippen LogP contribution in [0.15, 0.2) is 30.3 Å². The molecular weight excluding hydrogens is 244 g/mol. The molecule has 1 saturated carbocycles. The summed E-state index contributed by atoms with van der Waals surface area (Å²) < 4.78 is 0. The molecule has 94 valence electrons. The van der Waals surface area contributed by atoms with E-state index in [1.165, 1.54) is 19.3 Å². The van der Waals surface area contributed by atoms with Gasteiger partial charge in [-0.3, -0.25) is 4.98 Å². The van der Waals surface area contributed by atoms with Crippen LogP contribution in [0.5, 0.6) is 0 Å². The molecule has 18 heavy (non-hydrogen) atoms. The lowest BCUT2D eigenvalue weighted by Crippen LogP contribution is -2.39. The molecule has 2 aromatic rings. The van der Waals surface area contributed by atoms with Crippen LogP contribution >= 0.6 is 11.6 Å². The highest BCUT2D eigenvalue weighted by molar-refractivity contribution is 6.31. The normalized spacial score (nSPS) is 19.0. The van der Waals surface area contributed by atoms with E-state index in [1.54, 1.807) is 0 Å². The van der Waals surface area contributed by atoms with Crippen LogP contribution in [-0.4, -0.2) is 4.98 Å². The zero-order valence-electron chi connectivity index (χ0n) is 10.3. The van der Waals surface area contributed by atoms with E-state index in [9.17, 15) is 0 Å². The SMILES string of the molecule is NC1(c2ccc3cc(Cl)ccc3n2)CCCCC1. The molecule has 0 bridgehead atoms. The molecule has 0 saturated heterocycles. The van der Waals surface area contributed by atoms with Crippen molar-refractivity contribution in [1.29, 1.82) is 0 Å². The molecule has 3 rings (SSSR count). The van der Waals surface area contributed by atoms with Crippen LogP contribution in [0.25, 0.3) is 10.9 Å². The lowest BCUT2D eigenvalue weighted by molar-refractivity contribution is 0.296. The van der Waals surface area contributed by atoms with Gasteiger partial charge in [-0.15, -0.1) is 0 Å². The molecule has 0 spiro atoms. The van der Waals surface area contributed by atoms with E-state index < -0.39 is 0 Å². The lowest BCUT2D eigenvalue weighted by atomic mass is 9.80. The smallest absolute Gasteiger partial charge is 0.0707 e. The van der Waals surface area contributed by atoms with Crippen molar-refractivity contribution >= 4 is 22.5 Å². The van der Waals surface area contributed by atoms with Gasteiger partial charge in [-0.25, -0.2) is 0 Å². The van der Waals surface area contributed by atoms with Crippen molar-refractivity contribution in [2.45, 2.75) is 37.6 Å². The van der Waals surface area contributed by atoms with Crippen molar-refractivity contribution in [3.63, 3.8) is 0 Å². The maximum Gasteiger partial charge on any atom is 0.0707 e. The standard InChI is InChI=1S/C15H17ClN2/c16-12-5-6-13-11(10-12)4-7-14(18-13)15(17)8-2-1-3-9-15/h4-7,10H,1-3,8-9,17H2. The number of fused-ring (bicyclic) bond motifs is 1. The fourth-order valence-corrected chi connectivity index (χ4v) is 2.99. The lowest BCUT2D eigenvalue weighted by Gasteiger charge is -2.33. The number of rotatable bonds is 1. The first kappa shape index (κ1) is 11.9. The van der Waals surface area contributed by atoms with E-state index in [2.05, 4.69) is 12.1 Å². The van der Waals surface area contributed by atoms with Crippen molar-refractivity contribution < 1.29 is 0 Å². The summed E-state index contributed by atoms with van der Waals surface area (Å²) in [7, 11) is 0. The fourth-order valence-electron chi connectivity index (χ4n) is 2.81. The average molecular weight is 261 g/mol. The summed E-state index contributed by atoms with van der Waals surface area (Å²) in [6.45, 7) is 0. The van der Waals surface area contributed by atoms with Gasteiger partial charge in [-0.05, 0) is 37.1 Å². The third kappa shape index (κ3) is 2.11. The first-order chi connectivity index (χ1) is 8.67. The summed E-state index contributed by atoms with van der Waals surface area (Å²) in [6.07, 6.45) is 5.79. The first-order valence-corrected chi connectivity index (χ1v) is 6.91. The Labute approximate surface area is 112 Å². The molecule has 1 aliphatic carbocycles. The zero-order valence-corrected chi connectivity index (χ0v) is 11.1. The van der Waals surface area contributed by atoms with E-state index in [1.807, 2.05) is 18.2 Å². The third-order valence-electron chi connectivity index (χ3n) is 3.91. The van der Waals surface area contributed by atoms with Gasteiger partial charge in [0.05, 0.1) is 16.7 Å². The molecule has 2 N–H and O–H groups in total. The maximum absolute atomic E-state index is 6.51. The molecular formula is C15H17ClN2. The van der Waals surface area contributed by atoms with Gasteiger partial charge in [-0.1, -0.05) is 36.9 Å². The molecule has 1 aromatic heterocycles. The second kappa shape index (κ2) is 4.52. The number of benzene rings is 1. The Kier molecular flexibility index (Phi) is 3.00. The largest absolute Gasteiger partial charge is 0.320 e. The number of pyridine rings is 1. The van der Waals surface area contributed by atoms with Crippen LogP contribution < -0.4 is 5.73 Å². The summed E-state index contributed by atoms with van der Waals surface area (Å²) in [5, 5.41) is 1.82. The average Bonchev–Trinajstić information content (AvgIpc) is 2.39. The summed E-state index contributed by atoms with van der Waals surface area (Å²) in [5.74, 6) is 0. The third-order valence-corrected chi connectivity index (χ3v) is 4.14. The summed E-state index contributed by atoms with van der Waals surface area (Å²) >= 11 is 5.98. The van der Waals surface area contributed by atoms with E-state index >= 15 is 0 Å². The Morgan fingerprint density at radius 2 is 1.83 bits per heavy atom. The highest BCUT2D eigenvalue weighted by Crippen LogP contribution is 2.34. The molecule has 1 aliphatic rings. The number of nitrogens with zero attached hydrogens (tertiary/aromatic N) is 1. The van der Waals surface area contributed by atoms with Crippen molar-refractivity contribution in [2.24, 2.45) is 5.73 Å². The van der Waals surface area contributed by atoms with Gasteiger partial charge in [0.1, 0.15) is 0 Å². The van der Waals surface area contributed by atoms with Crippen LogP contribution in [0.4, 0.5) is 0 Å². The van der Waals surface area contributed by atoms with Crippen molar-refractivity contribution in [3.8, 4) is 0 Å². The number of hydrogen-bond acceptors (Lipinski definition) is 2. The molecule has 0 amide bonds. The maximum atomic E-state index is 6.51. The molecule has 1 aromatic carbocycles. The Hall–Kier alpha value is -1.12. The summed E-state index contributed by atoms with van der Waals surface area (Å²) in [6, 6.07) is 9.92. The number of halogens is 1. The van der Waals surface area contributed by atoms with Gasteiger partial charge in [0.2, 0.25) is 0 Å². The highest BCUT2D eigenvalue weighted by atomic mass is 35.5. The Morgan fingerprint density at radius 1 is 1.06 bits per heavy atom. The molecule has 3 heteroatoms. The molecule has 1 heterocycles. The van der Waals surface area contributed by atoms with Gasteiger partial charge >= 0.3 is 0 Å². The van der Waals surface area contributed by atoms with Gasteiger partial charge in [0, 0.05) is 10.4 Å². The molecule has 0 aliphatic heterocycles. The van der Waals surface area contributed by atoms with E-state index in [0.717, 1.165) is 34.5 Å². The minimum atomic E-state index is -0.230. The summed E-state index contributed by atoms with van der Waals surface area (Å²) in [5.41, 5.74) is 8.29. The van der Waals surface area contributed by atoms with Crippen LogP contribution in [0.1, 0.15) is 37.8 Å². The number of hydrogen-bond donors (Lipinski definition) is 1. The molecule has 1 fully saturated rings. The molecule has 0 radical (unpaired) electrons. The van der Waals surface area contributed by atoms with Gasteiger partial charge in [0.15, 0.2) is 0 Å². The predicted octanol–water partition coefficient (Wildman–Crippen LogP) is 4.01. The second-order valence-electron chi connectivity index (χ2n) is 5.25. The predicted molar refractivity (Wildman–Crippen MR) is 75.7 cm³/mol. The van der Waals surface area contributed by atoms with Crippen molar-refractivity contribution in [3.05, 3.63) is 41.0 Å². The number of aromatic nitrogens is 1. The topological polar surface area (TPSA) is 38.9 Å². The minimum Gasteiger partial charge on any atom is -0.320 e. The highest BCUT2D eigenvalue weighted by Gasteiger charge is 2.30. The Morgan fingerprint density at radius 3 is 2.61 bits per heavy atom. The molecule has 0 unspecified atom stereocenters. The second-order valence-corrected chi connectivity index (χ2v) is 5.69. The fraction of sp³-hybridized carbons (Fsp3) is 0.400. The van der Waals surface area contributed by atoms with Crippen molar-refractivity contribution in [2.75, 3.05) is 0 Å². The molecule has 2 nitrogen and oxygen atoms in total. The van der Waals surface area contributed by atoms with Gasteiger partial charge < -0.3 is 5.73 Å². The first-order valence-electron chi connectivity index (χ1n) is 6.53. The molecule has 0 atom stereocenters. The summed E-state index contributed by atoms with van der Waals surface area (Å²) in [4.78, 5) is 4.73. The van der Waals surface area contributed by atoms with Crippen molar-refractivity contribution in [1.82, 2.24) is 4.98 Å². The number of nitrogens with two attached hydrogens (primary N) is 1. The van der Waals surface area contributed by atoms with Gasteiger partial charge in [-0.2, -0.15) is 0 Å². The van der Waals surface area contributed by atoms with Gasteiger partial charge in [0.25, 0.3) is 0 Å². The minimum absolute atomic E-state index is 0.230. The zero-order chi connectivity index (χ0) is 12.6. The van der Waals surface area contributed by atoms with E-state index in [4.69, 9.17) is 22.3 Å².